The average molecular weight is 380 g/mol. The molecule has 1 fully saturated rings. The van der Waals surface area contributed by atoms with Crippen LogP contribution in [0.5, 0.6) is 11.5 Å². The van der Waals surface area contributed by atoms with Gasteiger partial charge in [-0.15, -0.1) is 0 Å². The predicted octanol–water partition coefficient (Wildman–Crippen LogP) is 1.41. The monoisotopic (exact) mass is 380 g/mol. The van der Waals surface area contributed by atoms with E-state index in [4.69, 9.17) is 9.94 Å². The van der Waals surface area contributed by atoms with Gasteiger partial charge in [-0.1, -0.05) is 0 Å². The van der Waals surface area contributed by atoms with Crippen LogP contribution in [0.1, 0.15) is 6.42 Å². The van der Waals surface area contributed by atoms with E-state index in [1.54, 1.807) is 0 Å². The molecule has 1 saturated heterocycles. The molecule has 0 bridgehead atoms. The molecule has 1 aliphatic rings. The molecule has 1 aliphatic heterocycles. The fourth-order valence-electron chi connectivity index (χ4n) is 2.29. The third-order valence-corrected chi connectivity index (χ3v) is 5.09. The van der Waals surface area contributed by atoms with Gasteiger partial charge in [-0.25, -0.2) is 12.8 Å². The van der Waals surface area contributed by atoms with Gasteiger partial charge in [0.25, 0.3) is 11.8 Å². The fraction of sp³-hybridized carbons (Fsp3) is 0.125. The second-order valence-corrected chi connectivity index (χ2v) is 7.16. The Hall–Kier alpha value is -2.82. The van der Waals surface area contributed by atoms with E-state index in [9.17, 15) is 22.4 Å². The number of rotatable bonds is 5. The molecule has 2 N–H and O–H groups in total. The molecule has 0 aromatic heterocycles. The number of halogens is 1. The molecule has 2 aromatic rings. The smallest absolute Gasteiger partial charge is 0.271 e. The molecule has 10 heteroatoms. The van der Waals surface area contributed by atoms with Crippen LogP contribution >= 0.6 is 0 Å². The van der Waals surface area contributed by atoms with E-state index in [1.807, 2.05) is 0 Å². The first-order chi connectivity index (χ1) is 12.3. The summed E-state index contributed by atoms with van der Waals surface area (Å²) in [7, 11) is -4.08. The zero-order valence-electron chi connectivity index (χ0n) is 13.1. The Labute approximate surface area is 147 Å². The van der Waals surface area contributed by atoms with Crippen LogP contribution in [0, 0.1) is 5.82 Å². The summed E-state index contributed by atoms with van der Waals surface area (Å²) in [5.41, 5.74) is 0. The molecule has 1 heterocycles. The standard InChI is InChI=1S/C16H13FN2O6S/c17-10-1-3-11(4-2-10)25-12-5-7-13(8-6-12)26(23,24)18-14-9-15(20)19(22)16(14)21/h1-8,14,18,22H,9H2/t14-/m0/s1. The Balaban J connectivity index is 1.72. The third kappa shape index (κ3) is 3.72. The quantitative estimate of drug-likeness (QED) is 0.599. The maximum Gasteiger partial charge on any atom is 0.271 e. The summed E-state index contributed by atoms with van der Waals surface area (Å²) in [5.74, 6) is -1.63. The maximum atomic E-state index is 12.9. The summed E-state index contributed by atoms with van der Waals surface area (Å²) in [6, 6.07) is 9.21. The second kappa shape index (κ2) is 6.83. The summed E-state index contributed by atoms with van der Waals surface area (Å²) >= 11 is 0. The van der Waals surface area contributed by atoms with Gasteiger partial charge in [-0.05, 0) is 48.5 Å². The molecule has 8 nitrogen and oxygen atoms in total. The van der Waals surface area contributed by atoms with Crippen molar-refractivity contribution in [2.75, 3.05) is 0 Å². The minimum absolute atomic E-state index is 0.104. The summed E-state index contributed by atoms with van der Waals surface area (Å²) in [5, 5.41) is 9.05. The highest BCUT2D eigenvalue weighted by molar-refractivity contribution is 7.89. The van der Waals surface area contributed by atoms with E-state index >= 15 is 0 Å². The Morgan fingerprint density at radius 2 is 1.58 bits per heavy atom. The van der Waals surface area contributed by atoms with E-state index in [0.29, 0.717) is 11.5 Å². The van der Waals surface area contributed by atoms with Crippen molar-refractivity contribution in [1.29, 1.82) is 0 Å². The number of sulfonamides is 1. The molecule has 0 radical (unpaired) electrons. The van der Waals surface area contributed by atoms with Gasteiger partial charge in [-0.2, -0.15) is 9.79 Å². The fourth-order valence-corrected chi connectivity index (χ4v) is 3.48. The molecule has 26 heavy (non-hydrogen) atoms. The lowest BCUT2D eigenvalue weighted by Gasteiger charge is -2.11. The second-order valence-electron chi connectivity index (χ2n) is 5.45. The summed E-state index contributed by atoms with van der Waals surface area (Å²) in [6.07, 6.45) is -0.458. The average Bonchev–Trinajstić information content (AvgIpc) is 2.84. The number of amides is 2. The predicted molar refractivity (Wildman–Crippen MR) is 85.3 cm³/mol. The van der Waals surface area contributed by atoms with E-state index in [1.165, 1.54) is 48.5 Å². The van der Waals surface area contributed by atoms with E-state index in [-0.39, 0.29) is 9.96 Å². The minimum Gasteiger partial charge on any atom is -0.457 e. The Kier molecular flexibility index (Phi) is 4.72. The Bertz CT molecular complexity index is 944. The van der Waals surface area contributed by atoms with Gasteiger partial charge in [0.2, 0.25) is 10.0 Å². The number of hydrogen-bond donors (Lipinski definition) is 2. The first-order valence-corrected chi connectivity index (χ1v) is 8.86. The topological polar surface area (TPSA) is 113 Å². The lowest BCUT2D eigenvalue weighted by atomic mass is 10.3. The summed E-state index contributed by atoms with van der Waals surface area (Å²) in [6.45, 7) is 0. The van der Waals surface area contributed by atoms with Crippen molar-refractivity contribution in [3.8, 4) is 11.5 Å². The van der Waals surface area contributed by atoms with Crippen LogP contribution in [0.4, 0.5) is 4.39 Å². The lowest BCUT2D eigenvalue weighted by molar-refractivity contribution is -0.171. The van der Waals surface area contributed by atoms with E-state index in [2.05, 4.69) is 4.72 Å². The number of benzene rings is 2. The highest BCUT2D eigenvalue weighted by Crippen LogP contribution is 2.23. The number of carbonyl (C=O) groups is 2. The maximum absolute atomic E-state index is 12.9. The Morgan fingerprint density at radius 3 is 2.08 bits per heavy atom. The summed E-state index contributed by atoms with van der Waals surface area (Å²) in [4.78, 5) is 22.7. The normalized spacial score (nSPS) is 17.6. The molecule has 0 spiro atoms. The molecular formula is C16H13FN2O6S. The molecule has 0 aliphatic carbocycles. The van der Waals surface area contributed by atoms with Crippen molar-refractivity contribution in [1.82, 2.24) is 9.79 Å². The van der Waals surface area contributed by atoms with Crippen LogP contribution in [0.2, 0.25) is 0 Å². The Morgan fingerprint density at radius 1 is 1.04 bits per heavy atom. The van der Waals surface area contributed by atoms with Gasteiger partial charge in [-0.3, -0.25) is 14.8 Å². The minimum atomic E-state index is -4.08. The van der Waals surface area contributed by atoms with Crippen molar-refractivity contribution in [2.24, 2.45) is 0 Å². The number of nitrogens with one attached hydrogen (secondary N) is 1. The first-order valence-electron chi connectivity index (χ1n) is 7.38. The lowest BCUT2D eigenvalue weighted by Crippen LogP contribution is -2.40. The van der Waals surface area contributed by atoms with Crippen LogP contribution in [-0.4, -0.2) is 36.5 Å². The zero-order valence-corrected chi connectivity index (χ0v) is 13.9. The van der Waals surface area contributed by atoms with Crippen molar-refractivity contribution in [3.63, 3.8) is 0 Å². The molecule has 136 valence electrons. The first kappa shape index (κ1) is 18.0. The van der Waals surface area contributed by atoms with Gasteiger partial charge < -0.3 is 4.74 Å². The molecule has 0 unspecified atom stereocenters. The third-order valence-electron chi connectivity index (χ3n) is 3.60. The van der Waals surface area contributed by atoms with Crippen molar-refractivity contribution in [2.45, 2.75) is 17.4 Å². The van der Waals surface area contributed by atoms with Crippen LogP contribution in [0.15, 0.2) is 53.4 Å². The molecular weight excluding hydrogens is 367 g/mol. The number of imide groups is 1. The van der Waals surface area contributed by atoms with Gasteiger partial charge in [0.15, 0.2) is 0 Å². The number of hydroxylamine groups is 2. The molecule has 2 amide bonds. The SMILES string of the molecule is O=C1C[C@H](NS(=O)(=O)c2ccc(Oc3ccc(F)cc3)cc2)C(=O)N1O. The number of carbonyl (C=O) groups excluding carboxylic acids is 2. The summed E-state index contributed by atoms with van der Waals surface area (Å²) < 4.78 is 45.0. The van der Waals surface area contributed by atoms with Gasteiger partial charge >= 0.3 is 0 Å². The van der Waals surface area contributed by atoms with Crippen LogP contribution in [0.3, 0.4) is 0 Å². The van der Waals surface area contributed by atoms with Crippen molar-refractivity contribution < 1.29 is 32.3 Å². The van der Waals surface area contributed by atoms with E-state index < -0.39 is 40.1 Å². The van der Waals surface area contributed by atoms with E-state index in [0.717, 1.165) is 0 Å². The molecule has 2 aromatic carbocycles. The highest BCUT2D eigenvalue weighted by atomic mass is 32.2. The molecule has 1 atom stereocenters. The van der Waals surface area contributed by atoms with Gasteiger partial charge in [0.05, 0.1) is 11.3 Å². The number of nitrogens with zero attached hydrogens (tertiary/aromatic N) is 1. The zero-order chi connectivity index (χ0) is 18.9. The van der Waals surface area contributed by atoms with Gasteiger partial charge in [0.1, 0.15) is 23.4 Å². The van der Waals surface area contributed by atoms with Crippen LogP contribution in [0.25, 0.3) is 0 Å². The van der Waals surface area contributed by atoms with Crippen LogP contribution < -0.4 is 9.46 Å². The highest BCUT2D eigenvalue weighted by Gasteiger charge is 2.40. The largest absolute Gasteiger partial charge is 0.457 e. The van der Waals surface area contributed by atoms with Crippen molar-refractivity contribution in [3.05, 3.63) is 54.3 Å². The van der Waals surface area contributed by atoms with Crippen molar-refractivity contribution >= 4 is 21.8 Å². The number of ether oxygens (including phenoxy) is 1. The van der Waals surface area contributed by atoms with Gasteiger partial charge in [0, 0.05) is 0 Å². The molecule has 0 saturated carbocycles. The van der Waals surface area contributed by atoms with Crippen LogP contribution in [-0.2, 0) is 19.6 Å². The number of hydrogen-bond acceptors (Lipinski definition) is 6. The molecule has 3 rings (SSSR count).